The number of fused-ring (bicyclic) bond motifs is 1. The lowest BCUT2D eigenvalue weighted by atomic mass is 9.77. The predicted octanol–water partition coefficient (Wildman–Crippen LogP) is 2.59. The topological polar surface area (TPSA) is 49.4 Å². The average molecular weight is 298 g/mol. The Morgan fingerprint density at radius 1 is 1.23 bits per heavy atom. The van der Waals surface area contributed by atoms with Crippen molar-refractivity contribution in [2.45, 2.75) is 38.5 Å². The van der Waals surface area contributed by atoms with Gasteiger partial charge in [-0.3, -0.25) is 9.59 Å². The standard InChI is InChI=1S/C18H22N2O2/c21-16(13-5-1-2-6-13)20-10-9-18(12-20)11-14-7-3-4-8-15(14)19-17(18)22/h3-4,7-8,13H,1-2,5-6,9-12H2,(H,19,22). The van der Waals surface area contributed by atoms with Crippen LogP contribution in [-0.2, 0) is 16.0 Å². The van der Waals surface area contributed by atoms with Gasteiger partial charge in [-0.25, -0.2) is 0 Å². The zero-order chi connectivity index (χ0) is 15.2. The molecule has 2 fully saturated rings. The number of amides is 2. The van der Waals surface area contributed by atoms with E-state index in [4.69, 9.17) is 0 Å². The molecule has 0 aromatic heterocycles. The second kappa shape index (κ2) is 5.11. The molecule has 22 heavy (non-hydrogen) atoms. The van der Waals surface area contributed by atoms with Crippen LogP contribution in [0.2, 0.25) is 0 Å². The van der Waals surface area contributed by atoms with Gasteiger partial charge in [0.2, 0.25) is 11.8 Å². The number of hydrogen-bond acceptors (Lipinski definition) is 2. The molecule has 1 aromatic rings. The second-order valence-electron chi connectivity index (χ2n) is 7.06. The van der Waals surface area contributed by atoms with Crippen LogP contribution in [-0.4, -0.2) is 29.8 Å². The molecule has 4 nitrogen and oxygen atoms in total. The number of nitrogens with one attached hydrogen (secondary N) is 1. The van der Waals surface area contributed by atoms with E-state index in [0.29, 0.717) is 6.54 Å². The third-order valence-corrected chi connectivity index (χ3v) is 5.65. The quantitative estimate of drug-likeness (QED) is 0.866. The highest BCUT2D eigenvalue weighted by atomic mass is 16.2. The number of benzene rings is 1. The van der Waals surface area contributed by atoms with Crippen LogP contribution in [0.3, 0.4) is 0 Å². The number of nitrogens with zero attached hydrogens (tertiary/aromatic N) is 1. The van der Waals surface area contributed by atoms with Crippen molar-refractivity contribution in [2.75, 3.05) is 18.4 Å². The van der Waals surface area contributed by atoms with Gasteiger partial charge in [0.25, 0.3) is 0 Å². The number of rotatable bonds is 1. The van der Waals surface area contributed by atoms with Crippen molar-refractivity contribution < 1.29 is 9.59 Å². The number of anilines is 1. The summed E-state index contributed by atoms with van der Waals surface area (Å²) >= 11 is 0. The van der Waals surface area contributed by atoms with Crippen molar-refractivity contribution in [2.24, 2.45) is 11.3 Å². The Morgan fingerprint density at radius 2 is 2.00 bits per heavy atom. The fraction of sp³-hybridized carbons (Fsp3) is 0.556. The van der Waals surface area contributed by atoms with Gasteiger partial charge in [0.15, 0.2) is 0 Å². The van der Waals surface area contributed by atoms with E-state index in [1.807, 2.05) is 23.1 Å². The summed E-state index contributed by atoms with van der Waals surface area (Å²) in [6.07, 6.45) is 5.93. The van der Waals surface area contributed by atoms with Gasteiger partial charge in [0.1, 0.15) is 0 Å². The Labute approximate surface area is 130 Å². The van der Waals surface area contributed by atoms with Gasteiger partial charge in [0.05, 0.1) is 5.41 Å². The number of carbonyl (C=O) groups is 2. The lowest BCUT2D eigenvalue weighted by Gasteiger charge is -2.33. The van der Waals surface area contributed by atoms with E-state index in [0.717, 1.165) is 37.9 Å². The van der Waals surface area contributed by atoms with Crippen molar-refractivity contribution in [3.63, 3.8) is 0 Å². The van der Waals surface area contributed by atoms with Gasteiger partial charge < -0.3 is 10.2 Å². The lowest BCUT2D eigenvalue weighted by molar-refractivity contribution is -0.135. The molecule has 1 saturated carbocycles. The normalized spacial score (nSPS) is 28.0. The van der Waals surface area contributed by atoms with Crippen LogP contribution in [0.15, 0.2) is 24.3 Å². The maximum absolute atomic E-state index is 12.6. The fourth-order valence-corrected chi connectivity index (χ4v) is 4.32. The third kappa shape index (κ3) is 2.13. The Balaban J connectivity index is 1.54. The SMILES string of the molecule is O=C(C1CCCC1)N1CCC2(Cc3ccccc3NC2=O)C1. The fourth-order valence-electron chi connectivity index (χ4n) is 4.32. The number of para-hydroxylation sites is 1. The summed E-state index contributed by atoms with van der Waals surface area (Å²) in [7, 11) is 0. The van der Waals surface area contributed by atoms with Crippen molar-refractivity contribution in [3.05, 3.63) is 29.8 Å². The third-order valence-electron chi connectivity index (χ3n) is 5.65. The molecule has 1 aliphatic carbocycles. The lowest BCUT2D eigenvalue weighted by Crippen LogP contribution is -2.45. The number of carbonyl (C=O) groups excluding carboxylic acids is 2. The smallest absolute Gasteiger partial charge is 0.232 e. The first-order valence-electron chi connectivity index (χ1n) is 8.36. The molecule has 4 rings (SSSR count). The van der Waals surface area contributed by atoms with E-state index >= 15 is 0 Å². The molecule has 1 spiro atoms. The Kier molecular flexibility index (Phi) is 3.21. The highest BCUT2D eigenvalue weighted by Gasteiger charge is 2.49. The molecular formula is C18H22N2O2. The van der Waals surface area contributed by atoms with E-state index in [9.17, 15) is 9.59 Å². The highest BCUT2D eigenvalue weighted by molar-refractivity contribution is 5.99. The maximum Gasteiger partial charge on any atom is 0.232 e. The summed E-state index contributed by atoms with van der Waals surface area (Å²) in [5, 5.41) is 3.04. The van der Waals surface area contributed by atoms with E-state index in [1.54, 1.807) is 0 Å². The summed E-state index contributed by atoms with van der Waals surface area (Å²) < 4.78 is 0. The van der Waals surface area contributed by atoms with Gasteiger partial charge in [-0.2, -0.15) is 0 Å². The van der Waals surface area contributed by atoms with Crippen LogP contribution < -0.4 is 5.32 Å². The van der Waals surface area contributed by atoms with E-state index in [-0.39, 0.29) is 17.7 Å². The molecule has 2 amide bonds. The predicted molar refractivity (Wildman–Crippen MR) is 84.4 cm³/mol. The molecule has 1 saturated heterocycles. The van der Waals surface area contributed by atoms with Crippen molar-refractivity contribution >= 4 is 17.5 Å². The highest BCUT2D eigenvalue weighted by Crippen LogP contribution is 2.41. The first kappa shape index (κ1) is 13.8. The summed E-state index contributed by atoms with van der Waals surface area (Å²) in [6, 6.07) is 8.00. The van der Waals surface area contributed by atoms with Crippen LogP contribution in [0, 0.1) is 11.3 Å². The minimum absolute atomic E-state index is 0.0907. The molecule has 0 radical (unpaired) electrons. The van der Waals surface area contributed by atoms with Crippen molar-refractivity contribution in [3.8, 4) is 0 Å². The molecule has 3 aliphatic rings. The van der Waals surface area contributed by atoms with Crippen molar-refractivity contribution in [1.82, 2.24) is 4.90 Å². The van der Waals surface area contributed by atoms with Gasteiger partial charge >= 0.3 is 0 Å². The Hall–Kier alpha value is -1.84. The van der Waals surface area contributed by atoms with Crippen molar-refractivity contribution in [1.29, 1.82) is 0 Å². The first-order chi connectivity index (χ1) is 10.7. The first-order valence-corrected chi connectivity index (χ1v) is 8.36. The zero-order valence-corrected chi connectivity index (χ0v) is 12.8. The van der Waals surface area contributed by atoms with E-state index < -0.39 is 5.41 Å². The largest absolute Gasteiger partial charge is 0.341 e. The summed E-state index contributed by atoms with van der Waals surface area (Å²) in [6.45, 7) is 1.31. The molecule has 4 heteroatoms. The van der Waals surface area contributed by atoms with Crippen LogP contribution >= 0.6 is 0 Å². The average Bonchev–Trinajstić information content (AvgIpc) is 3.18. The molecular weight excluding hydrogens is 276 g/mol. The minimum atomic E-state index is -0.414. The zero-order valence-electron chi connectivity index (χ0n) is 12.8. The van der Waals surface area contributed by atoms with Gasteiger partial charge in [-0.15, -0.1) is 0 Å². The number of likely N-dealkylation sites (tertiary alicyclic amines) is 1. The molecule has 1 atom stereocenters. The van der Waals surface area contributed by atoms with Crippen LogP contribution in [0.1, 0.15) is 37.7 Å². The maximum atomic E-state index is 12.6. The summed E-state index contributed by atoms with van der Waals surface area (Å²) in [5.74, 6) is 0.572. The number of hydrogen-bond donors (Lipinski definition) is 1. The molecule has 116 valence electrons. The van der Waals surface area contributed by atoms with Crippen LogP contribution in [0.5, 0.6) is 0 Å². The van der Waals surface area contributed by atoms with Gasteiger partial charge in [-0.05, 0) is 37.3 Å². The summed E-state index contributed by atoms with van der Waals surface area (Å²) in [5.41, 5.74) is 1.71. The van der Waals surface area contributed by atoms with Gasteiger partial charge in [0, 0.05) is 24.7 Å². The minimum Gasteiger partial charge on any atom is -0.341 e. The Bertz CT molecular complexity index is 621. The van der Waals surface area contributed by atoms with Crippen LogP contribution in [0.4, 0.5) is 5.69 Å². The molecule has 2 heterocycles. The van der Waals surface area contributed by atoms with E-state index in [2.05, 4.69) is 11.4 Å². The second-order valence-corrected chi connectivity index (χ2v) is 7.06. The van der Waals surface area contributed by atoms with Gasteiger partial charge in [-0.1, -0.05) is 31.0 Å². The van der Waals surface area contributed by atoms with E-state index in [1.165, 1.54) is 18.4 Å². The molecule has 1 aromatic carbocycles. The molecule has 2 aliphatic heterocycles. The summed E-state index contributed by atoms with van der Waals surface area (Å²) in [4.78, 5) is 27.2. The van der Waals surface area contributed by atoms with Crippen LogP contribution in [0.25, 0.3) is 0 Å². The molecule has 1 unspecified atom stereocenters. The molecule has 0 bridgehead atoms. The monoisotopic (exact) mass is 298 g/mol. The molecule has 1 N–H and O–H groups in total. The Morgan fingerprint density at radius 3 is 2.82 bits per heavy atom.